The smallest absolute Gasteiger partial charge is 0.343 e. The molecule has 2 aromatic rings. The quantitative estimate of drug-likeness (QED) is 0.670. The molecule has 1 atom stereocenters. The van der Waals surface area contributed by atoms with E-state index in [1.54, 1.807) is 0 Å². The first-order valence-corrected chi connectivity index (χ1v) is 9.55. The van der Waals surface area contributed by atoms with Crippen LogP contribution in [0.25, 0.3) is 0 Å². The van der Waals surface area contributed by atoms with Gasteiger partial charge in [-0.3, -0.25) is 4.79 Å². The Kier molecular flexibility index (Phi) is 5.91. The molecule has 3 fully saturated rings. The van der Waals surface area contributed by atoms with E-state index in [2.05, 4.69) is 10.6 Å². The number of benzene rings is 2. The standard InChI is InChI=1S/C21H20ClF3N2O.ClH/c1-12-4-2-5-14(8-12)18(20-9-13(10-20)11-26-20)27-19(28)15-6-3-7-16(17(15)22)21(23,24)25;/h2-8,13,18,26H,9-11H2,1H3,(H,27,28);1H. The summed E-state index contributed by atoms with van der Waals surface area (Å²) in [5.41, 5.74) is 0.556. The van der Waals surface area contributed by atoms with E-state index in [0.29, 0.717) is 5.92 Å². The molecule has 8 heteroatoms. The maximum atomic E-state index is 13.2. The lowest BCUT2D eigenvalue weighted by molar-refractivity contribution is -0.137. The number of carbonyl (C=O) groups is 1. The van der Waals surface area contributed by atoms with Crippen LogP contribution >= 0.6 is 24.0 Å². The zero-order valence-corrected chi connectivity index (χ0v) is 17.2. The molecule has 5 rings (SSSR count). The first-order valence-electron chi connectivity index (χ1n) is 9.18. The molecule has 1 unspecified atom stereocenters. The molecule has 0 spiro atoms. The predicted molar refractivity (Wildman–Crippen MR) is 109 cm³/mol. The Labute approximate surface area is 178 Å². The van der Waals surface area contributed by atoms with Gasteiger partial charge < -0.3 is 10.6 Å². The molecule has 1 aliphatic carbocycles. The molecule has 2 aliphatic heterocycles. The second-order valence-corrected chi connectivity index (χ2v) is 8.17. The van der Waals surface area contributed by atoms with Crippen LogP contribution in [0, 0.1) is 12.8 Å². The molecule has 0 aromatic heterocycles. The minimum absolute atomic E-state index is 0. The third-order valence-electron chi connectivity index (χ3n) is 5.80. The van der Waals surface area contributed by atoms with Crippen molar-refractivity contribution in [3.8, 4) is 0 Å². The number of aryl methyl sites for hydroxylation is 1. The molecule has 2 bridgehead atoms. The third-order valence-corrected chi connectivity index (χ3v) is 6.21. The van der Waals surface area contributed by atoms with Crippen molar-refractivity contribution in [1.29, 1.82) is 0 Å². The number of carbonyl (C=O) groups excluding carboxylic acids is 1. The SMILES string of the molecule is Cc1cccc(C(NC(=O)c2cccc(C(F)(F)F)c2Cl)C23CC(CN2)C3)c1.Cl. The summed E-state index contributed by atoms with van der Waals surface area (Å²) in [5, 5.41) is 5.90. The van der Waals surface area contributed by atoms with Crippen molar-refractivity contribution in [1.82, 2.24) is 10.6 Å². The van der Waals surface area contributed by atoms with Gasteiger partial charge in [-0.1, -0.05) is 47.5 Å². The van der Waals surface area contributed by atoms with Crippen LogP contribution in [0.5, 0.6) is 0 Å². The number of hydrogen-bond acceptors (Lipinski definition) is 2. The summed E-state index contributed by atoms with van der Waals surface area (Å²) in [4.78, 5) is 12.9. The van der Waals surface area contributed by atoms with Crippen LogP contribution in [-0.4, -0.2) is 18.0 Å². The van der Waals surface area contributed by atoms with E-state index in [9.17, 15) is 18.0 Å². The predicted octanol–water partition coefficient (Wildman–Crippen LogP) is 5.31. The summed E-state index contributed by atoms with van der Waals surface area (Å²) in [6, 6.07) is 10.9. The van der Waals surface area contributed by atoms with E-state index < -0.39 is 22.7 Å². The van der Waals surface area contributed by atoms with Crippen LogP contribution in [0.3, 0.4) is 0 Å². The second-order valence-electron chi connectivity index (χ2n) is 7.80. The summed E-state index contributed by atoms with van der Waals surface area (Å²) in [6.07, 6.45) is -2.75. The van der Waals surface area contributed by atoms with E-state index in [4.69, 9.17) is 11.6 Å². The molecular formula is C21H21Cl2F3N2O. The van der Waals surface area contributed by atoms with Crippen molar-refractivity contribution in [3.63, 3.8) is 0 Å². The van der Waals surface area contributed by atoms with Crippen LogP contribution in [0.15, 0.2) is 42.5 Å². The molecule has 3 nitrogen and oxygen atoms in total. The number of rotatable bonds is 4. The third kappa shape index (κ3) is 3.98. The zero-order chi connectivity index (χ0) is 20.1. The number of hydrogen-bond donors (Lipinski definition) is 2. The largest absolute Gasteiger partial charge is 0.417 e. The average Bonchev–Trinajstić information content (AvgIpc) is 3.20. The van der Waals surface area contributed by atoms with Crippen molar-refractivity contribution < 1.29 is 18.0 Å². The topological polar surface area (TPSA) is 41.1 Å². The molecule has 29 heavy (non-hydrogen) atoms. The monoisotopic (exact) mass is 444 g/mol. The molecule has 1 amide bonds. The van der Waals surface area contributed by atoms with E-state index in [1.807, 2.05) is 31.2 Å². The second kappa shape index (κ2) is 7.82. The van der Waals surface area contributed by atoms with Crippen LogP contribution in [-0.2, 0) is 6.18 Å². The van der Waals surface area contributed by atoms with Gasteiger partial charge in [0.05, 0.1) is 22.2 Å². The Morgan fingerprint density at radius 2 is 1.93 bits per heavy atom. The van der Waals surface area contributed by atoms with Crippen LogP contribution in [0.2, 0.25) is 5.02 Å². The van der Waals surface area contributed by atoms with E-state index >= 15 is 0 Å². The lowest BCUT2D eigenvalue weighted by atomic mass is 9.67. The van der Waals surface area contributed by atoms with Gasteiger partial charge in [0.2, 0.25) is 0 Å². The number of alkyl halides is 3. The molecular weight excluding hydrogens is 424 g/mol. The Morgan fingerprint density at radius 1 is 1.24 bits per heavy atom. The van der Waals surface area contributed by atoms with Gasteiger partial charge in [-0.15, -0.1) is 12.4 Å². The van der Waals surface area contributed by atoms with Crippen LogP contribution in [0.1, 0.15) is 45.9 Å². The van der Waals surface area contributed by atoms with Crippen molar-refractivity contribution in [3.05, 3.63) is 69.7 Å². The molecule has 0 radical (unpaired) electrons. The lowest BCUT2D eigenvalue weighted by Gasteiger charge is -2.44. The van der Waals surface area contributed by atoms with Gasteiger partial charge in [-0.2, -0.15) is 13.2 Å². The van der Waals surface area contributed by atoms with Gasteiger partial charge in [0.25, 0.3) is 5.91 Å². The van der Waals surface area contributed by atoms with E-state index in [1.165, 1.54) is 12.1 Å². The first-order chi connectivity index (χ1) is 13.2. The summed E-state index contributed by atoms with van der Waals surface area (Å²) in [5.74, 6) is -0.0181. The van der Waals surface area contributed by atoms with Gasteiger partial charge >= 0.3 is 6.18 Å². The molecule has 2 aromatic carbocycles. The summed E-state index contributed by atoms with van der Waals surface area (Å²) in [7, 11) is 0. The maximum Gasteiger partial charge on any atom is 0.417 e. The minimum atomic E-state index is -4.61. The maximum absolute atomic E-state index is 13.2. The normalized spacial score (nSPS) is 23.7. The van der Waals surface area contributed by atoms with Gasteiger partial charge in [0.1, 0.15) is 0 Å². The van der Waals surface area contributed by atoms with Crippen LogP contribution < -0.4 is 10.6 Å². The fraction of sp³-hybridized carbons (Fsp3) is 0.381. The lowest BCUT2D eigenvalue weighted by Crippen LogP contribution is -2.54. The van der Waals surface area contributed by atoms with Crippen LogP contribution in [0.4, 0.5) is 13.2 Å². The van der Waals surface area contributed by atoms with Crippen molar-refractivity contribution in [2.75, 3.05) is 6.54 Å². The van der Waals surface area contributed by atoms with Crippen molar-refractivity contribution in [2.45, 2.75) is 37.5 Å². The number of fused-ring (bicyclic) bond motifs is 1. The highest BCUT2D eigenvalue weighted by atomic mass is 35.5. The number of amides is 1. The fourth-order valence-electron chi connectivity index (χ4n) is 4.47. The van der Waals surface area contributed by atoms with E-state index in [-0.39, 0.29) is 29.6 Å². The summed E-state index contributed by atoms with van der Waals surface area (Å²) < 4.78 is 39.5. The zero-order valence-electron chi connectivity index (χ0n) is 15.6. The average molecular weight is 445 g/mol. The fourth-order valence-corrected chi connectivity index (χ4v) is 4.79. The molecule has 3 aliphatic rings. The first kappa shape index (κ1) is 21.9. The minimum Gasteiger partial charge on any atom is -0.343 e. The van der Waals surface area contributed by atoms with E-state index in [0.717, 1.165) is 36.6 Å². The Bertz CT molecular complexity index is 921. The number of halogens is 5. The van der Waals surface area contributed by atoms with Gasteiger partial charge in [-0.05, 0) is 49.9 Å². The highest BCUT2D eigenvalue weighted by molar-refractivity contribution is 6.34. The molecule has 2 heterocycles. The van der Waals surface area contributed by atoms with Crippen molar-refractivity contribution in [2.24, 2.45) is 5.92 Å². The molecule has 2 saturated heterocycles. The summed E-state index contributed by atoms with van der Waals surface area (Å²) >= 11 is 5.95. The molecule has 156 valence electrons. The Balaban J connectivity index is 0.00000240. The van der Waals surface area contributed by atoms with Gasteiger partial charge in [-0.25, -0.2) is 0 Å². The highest BCUT2D eigenvalue weighted by Gasteiger charge is 2.55. The molecule has 1 saturated carbocycles. The Morgan fingerprint density at radius 3 is 2.52 bits per heavy atom. The number of nitrogens with one attached hydrogen (secondary N) is 2. The van der Waals surface area contributed by atoms with Crippen molar-refractivity contribution >= 4 is 29.9 Å². The Hall–Kier alpha value is -1.76. The highest BCUT2D eigenvalue weighted by Crippen LogP contribution is 2.51. The van der Waals surface area contributed by atoms with Gasteiger partial charge in [0.15, 0.2) is 0 Å². The summed E-state index contributed by atoms with van der Waals surface area (Å²) in [6.45, 7) is 2.86. The van der Waals surface area contributed by atoms with Gasteiger partial charge in [0, 0.05) is 5.54 Å². The molecule has 2 N–H and O–H groups in total.